The highest BCUT2D eigenvalue weighted by Gasteiger charge is 2.20. The number of aliphatic hydroxyl groups excluding tert-OH is 3. The van der Waals surface area contributed by atoms with Crippen molar-refractivity contribution < 1.29 is 25.2 Å². The Balaban J connectivity index is 3.75. The number of rotatable bonds is 4. The summed E-state index contributed by atoms with van der Waals surface area (Å²) in [5, 5.41) is 34.4. The monoisotopic (exact) mass is 164 g/mol. The molecule has 3 atom stereocenters. The van der Waals surface area contributed by atoms with E-state index in [0.29, 0.717) is 0 Å². The molecule has 0 aliphatic heterocycles. The second-order valence-corrected chi connectivity index (χ2v) is 2.40. The lowest BCUT2D eigenvalue weighted by Gasteiger charge is -2.14. The fourth-order valence-corrected chi connectivity index (χ4v) is 0.527. The molecule has 0 spiro atoms. The Morgan fingerprint density at radius 2 is 1.82 bits per heavy atom. The van der Waals surface area contributed by atoms with Gasteiger partial charge in [0.25, 0.3) is 0 Å². The van der Waals surface area contributed by atoms with E-state index in [1.54, 1.807) is 0 Å². The third-order valence-electron chi connectivity index (χ3n) is 1.31. The van der Waals surface area contributed by atoms with E-state index in [2.05, 4.69) is 0 Å². The normalized spacial score (nSPS) is 18.9. The minimum absolute atomic E-state index is 0.354. The maximum Gasteiger partial charge on any atom is 0.332 e. The molecule has 5 nitrogen and oxygen atoms in total. The molecule has 5 heteroatoms. The molecule has 0 amide bonds. The van der Waals surface area contributed by atoms with Crippen LogP contribution in [0.3, 0.4) is 0 Å². The lowest BCUT2D eigenvalue weighted by atomic mass is 10.1. The molecule has 0 fully saturated rings. The SMILES string of the molecule is C[C@H](O)[C@H](O)C[C@H](O)C(=O)O. The molecule has 0 aromatic heterocycles. The standard InChI is InChI=1S/C6H12O5/c1-3(7)4(8)2-5(9)6(10)11/h3-5,7-9H,2H2,1H3,(H,10,11)/t3-,4+,5-/m0/s1. The van der Waals surface area contributed by atoms with Crippen molar-refractivity contribution >= 4 is 5.97 Å². The number of carbonyl (C=O) groups is 1. The summed E-state index contributed by atoms with van der Waals surface area (Å²) in [4.78, 5) is 10.0. The highest BCUT2D eigenvalue weighted by atomic mass is 16.4. The van der Waals surface area contributed by atoms with E-state index in [1.165, 1.54) is 6.92 Å². The van der Waals surface area contributed by atoms with Crippen LogP contribution in [0.4, 0.5) is 0 Å². The summed E-state index contributed by atoms with van der Waals surface area (Å²) in [7, 11) is 0. The summed E-state index contributed by atoms with van der Waals surface area (Å²) in [6.45, 7) is 1.32. The minimum Gasteiger partial charge on any atom is -0.479 e. The Morgan fingerprint density at radius 3 is 2.09 bits per heavy atom. The van der Waals surface area contributed by atoms with E-state index in [-0.39, 0.29) is 6.42 Å². The largest absolute Gasteiger partial charge is 0.479 e. The molecule has 0 unspecified atom stereocenters. The smallest absolute Gasteiger partial charge is 0.332 e. The van der Waals surface area contributed by atoms with Gasteiger partial charge in [0.2, 0.25) is 0 Å². The highest BCUT2D eigenvalue weighted by molar-refractivity contribution is 5.71. The summed E-state index contributed by atoms with van der Waals surface area (Å²) in [5.41, 5.74) is 0. The molecule has 0 aromatic rings. The average molecular weight is 164 g/mol. The molecular formula is C6H12O5. The van der Waals surface area contributed by atoms with Gasteiger partial charge in [-0.25, -0.2) is 4.79 Å². The van der Waals surface area contributed by atoms with E-state index >= 15 is 0 Å². The summed E-state index contributed by atoms with van der Waals surface area (Å²) in [5.74, 6) is -1.40. The van der Waals surface area contributed by atoms with Crippen LogP contribution in [0, 0.1) is 0 Å². The molecule has 0 heterocycles. The van der Waals surface area contributed by atoms with Crippen molar-refractivity contribution in [2.75, 3.05) is 0 Å². The van der Waals surface area contributed by atoms with Gasteiger partial charge in [0.05, 0.1) is 12.2 Å². The summed E-state index contributed by atoms with van der Waals surface area (Å²) >= 11 is 0. The van der Waals surface area contributed by atoms with Gasteiger partial charge in [0, 0.05) is 6.42 Å². The first-order valence-electron chi connectivity index (χ1n) is 3.22. The Morgan fingerprint density at radius 1 is 1.36 bits per heavy atom. The molecule has 11 heavy (non-hydrogen) atoms. The maximum atomic E-state index is 10.0. The van der Waals surface area contributed by atoms with Crippen LogP contribution in [-0.2, 0) is 4.79 Å². The summed E-state index contributed by atoms with van der Waals surface area (Å²) < 4.78 is 0. The van der Waals surface area contributed by atoms with Gasteiger partial charge in [-0.05, 0) is 6.92 Å². The maximum absolute atomic E-state index is 10.0. The Kier molecular flexibility index (Phi) is 4.02. The Bertz CT molecular complexity index is 133. The van der Waals surface area contributed by atoms with Gasteiger partial charge < -0.3 is 20.4 Å². The quantitative estimate of drug-likeness (QED) is 0.408. The van der Waals surface area contributed by atoms with E-state index in [1.807, 2.05) is 0 Å². The van der Waals surface area contributed by atoms with Crippen molar-refractivity contribution in [3.63, 3.8) is 0 Å². The van der Waals surface area contributed by atoms with E-state index < -0.39 is 24.3 Å². The van der Waals surface area contributed by atoms with Gasteiger partial charge in [-0.2, -0.15) is 0 Å². The summed E-state index contributed by atoms with van der Waals surface area (Å²) in [6, 6.07) is 0. The van der Waals surface area contributed by atoms with Gasteiger partial charge in [-0.1, -0.05) is 0 Å². The highest BCUT2D eigenvalue weighted by Crippen LogP contribution is 2.02. The van der Waals surface area contributed by atoms with Crippen molar-refractivity contribution in [2.45, 2.75) is 31.7 Å². The minimum atomic E-state index is -1.61. The van der Waals surface area contributed by atoms with Crippen molar-refractivity contribution in [2.24, 2.45) is 0 Å². The summed E-state index contributed by atoms with van der Waals surface area (Å²) in [6.07, 6.45) is -4.18. The molecule has 0 aliphatic rings. The van der Waals surface area contributed by atoms with Crippen molar-refractivity contribution in [3.05, 3.63) is 0 Å². The van der Waals surface area contributed by atoms with Crippen LogP contribution in [0.2, 0.25) is 0 Å². The molecule has 0 saturated heterocycles. The fraction of sp³-hybridized carbons (Fsp3) is 0.833. The molecule has 0 bridgehead atoms. The predicted octanol–water partition coefficient (Wildman–Crippen LogP) is -1.44. The number of carboxylic acids is 1. The Hall–Kier alpha value is -0.650. The topological polar surface area (TPSA) is 98.0 Å². The molecule has 66 valence electrons. The van der Waals surface area contributed by atoms with Crippen molar-refractivity contribution in [1.29, 1.82) is 0 Å². The second-order valence-electron chi connectivity index (χ2n) is 2.40. The lowest BCUT2D eigenvalue weighted by molar-refractivity contribution is -0.149. The fourth-order valence-electron chi connectivity index (χ4n) is 0.527. The number of aliphatic carboxylic acids is 1. The number of hydrogen-bond acceptors (Lipinski definition) is 4. The van der Waals surface area contributed by atoms with Crippen molar-refractivity contribution in [1.82, 2.24) is 0 Å². The van der Waals surface area contributed by atoms with Crippen LogP contribution >= 0.6 is 0 Å². The van der Waals surface area contributed by atoms with Crippen LogP contribution < -0.4 is 0 Å². The zero-order valence-corrected chi connectivity index (χ0v) is 6.14. The van der Waals surface area contributed by atoms with Crippen molar-refractivity contribution in [3.8, 4) is 0 Å². The first-order valence-corrected chi connectivity index (χ1v) is 3.22. The first-order chi connectivity index (χ1) is 4.95. The van der Waals surface area contributed by atoms with E-state index in [4.69, 9.17) is 20.4 Å². The van der Waals surface area contributed by atoms with Crippen LogP contribution in [-0.4, -0.2) is 44.7 Å². The van der Waals surface area contributed by atoms with Gasteiger partial charge in [-0.15, -0.1) is 0 Å². The zero-order chi connectivity index (χ0) is 9.02. The number of aliphatic hydroxyl groups is 3. The number of hydrogen-bond donors (Lipinski definition) is 4. The third kappa shape index (κ3) is 3.92. The van der Waals surface area contributed by atoms with Gasteiger partial charge in [0.15, 0.2) is 6.10 Å². The molecule has 0 radical (unpaired) electrons. The average Bonchev–Trinajstić information content (AvgIpc) is 1.87. The van der Waals surface area contributed by atoms with Crippen LogP contribution in [0.15, 0.2) is 0 Å². The zero-order valence-electron chi connectivity index (χ0n) is 6.14. The molecule has 0 aliphatic carbocycles. The third-order valence-corrected chi connectivity index (χ3v) is 1.31. The molecule has 0 rings (SSSR count). The van der Waals surface area contributed by atoms with E-state index in [9.17, 15) is 4.79 Å². The molecule has 4 N–H and O–H groups in total. The number of carboxylic acid groups (broad SMARTS) is 1. The Labute approximate surface area is 63.9 Å². The second kappa shape index (κ2) is 4.27. The predicted molar refractivity (Wildman–Crippen MR) is 35.9 cm³/mol. The van der Waals surface area contributed by atoms with E-state index in [0.717, 1.165) is 0 Å². The van der Waals surface area contributed by atoms with Gasteiger partial charge in [0.1, 0.15) is 0 Å². The van der Waals surface area contributed by atoms with Gasteiger partial charge in [-0.3, -0.25) is 0 Å². The molecule has 0 saturated carbocycles. The van der Waals surface area contributed by atoms with Crippen LogP contribution in [0.1, 0.15) is 13.3 Å². The first kappa shape index (κ1) is 10.3. The van der Waals surface area contributed by atoms with Gasteiger partial charge >= 0.3 is 5.97 Å². The van der Waals surface area contributed by atoms with Crippen LogP contribution in [0.25, 0.3) is 0 Å². The van der Waals surface area contributed by atoms with Crippen LogP contribution in [0.5, 0.6) is 0 Å². The molecule has 0 aromatic carbocycles. The molecular weight excluding hydrogens is 152 g/mol. The lowest BCUT2D eigenvalue weighted by Crippen LogP contribution is -2.31.